The van der Waals surface area contributed by atoms with E-state index in [1.165, 1.54) is 10.1 Å². The summed E-state index contributed by atoms with van der Waals surface area (Å²) in [6.07, 6.45) is 1.01. The van der Waals surface area contributed by atoms with Crippen LogP contribution in [0.5, 0.6) is 0 Å². The zero-order valence-electron chi connectivity index (χ0n) is 10.1. The molecule has 92 valence electrons. The number of benzene rings is 2. The van der Waals surface area contributed by atoms with Crippen LogP contribution in [0.3, 0.4) is 0 Å². The van der Waals surface area contributed by atoms with Crippen molar-refractivity contribution in [3.05, 3.63) is 60.2 Å². The van der Waals surface area contributed by atoms with Crippen LogP contribution in [0.4, 0.5) is 11.4 Å². The maximum absolute atomic E-state index is 6.02. The molecule has 0 aliphatic carbocycles. The van der Waals surface area contributed by atoms with Gasteiger partial charge < -0.3 is 0 Å². The average Bonchev–Trinajstić information content (AvgIpc) is 2.46. The highest BCUT2D eigenvalue weighted by atomic mass is 35.5. The second kappa shape index (κ2) is 6.17. The van der Waals surface area contributed by atoms with E-state index in [1.54, 1.807) is 0 Å². The lowest BCUT2D eigenvalue weighted by atomic mass is 10.2. The second-order valence-corrected chi connectivity index (χ2v) is 4.13. The zero-order chi connectivity index (χ0) is 12.8. The second-order valence-electron chi connectivity index (χ2n) is 3.81. The number of hydrogen-bond donors (Lipinski definition) is 0. The number of nitrogens with zero attached hydrogens (tertiary/aromatic N) is 3. The van der Waals surface area contributed by atoms with Gasteiger partial charge in [0.1, 0.15) is 0 Å². The van der Waals surface area contributed by atoms with Crippen molar-refractivity contribution in [1.29, 1.82) is 0 Å². The number of rotatable bonds is 4. The molecule has 0 spiro atoms. The van der Waals surface area contributed by atoms with Gasteiger partial charge in [0.05, 0.1) is 11.4 Å². The lowest BCUT2D eigenvalue weighted by Gasteiger charge is -2.08. The van der Waals surface area contributed by atoms with E-state index in [9.17, 15) is 0 Å². The van der Waals surface area contributed by atoms with Crippen molar-refractivity contribution in [1.82, 2.24) is 0 Å². The van der Waals surface area contributed by atoms with Crippen molar-refractivity contribution >= 4 is 23.2 Å². The van der Waals surface area contributed by atoms with E-state index in [2.05, 4.69) is 17.3 Å². The Morgan fingerprint density at radius 2 is 1.67 bits per heavy atom. The molecule has 0 radical (unpaired) electrons. The highest BCUT2D eigenvalue weighted by Gasteiger charge is 2.01. The minimum Gasteiger partial charge on any atom is -0.154 e. The molecule has 0 atom stereocenters. The molecular weight excluding hydrogens is 246 g/mol. The van der Waals surface area contributed by atoms with Gasteiger partial charge in [0.15, 0.2) is 0 Å². The summed E-state index contributed by atoms with van der Waals surface area (Å²) in [6.45, 7) is 2.11. The maximum Gasteiger partial charge on any atom is 0.0874 e. The standard InChI is InChI=1S/C14H14ClN3/c1-2-12-8-10-14(11-9-12)18(15)17-16-13-6-4-3-5-7-13/h3-11H,2H2,1H3. The third-order valence-corrected chi connectivity index (χ3v) is 2.82. The van der Waals surface area contributed by atoms with Crippen molar-refractivity contribution < 1.29 is 0 Å². The van der Waals surface area contributed by atoms with Crippen molar-refractivity contribution in [3.63, 3.8) is 0 Å². The van der Waals surface area contributed by atoms with Gasteiger partial charge in [-0.25, -0.2) is 0 Å². The van der Waals surface area contributed by atoms with Gasteiger partial charge in [-0.15, -0.1) is 5.11 Å². The predicted molar refractivity (Wildman–Crippen MR) is 75.1 cm³/mol. The molecule has 3 nitrogen and oxygen atoms in total. The molecule has 0 aliphatic heterocycles. The Balaban J connectivity index is 2.07. The Morgan fingerprint density at radius 3 is 2.28 bits per heavy atom. The summed E-state index contributed by atoms with van der Waals surface area (Å²) in [5.41, 5.74) is 2.84. The molecular formula is C14H14ClN3. The third-order valence-electron chi connectivity index (χ3n) is 2.55. The lowest BCUT2D eigenvalue weighted by molar-refractivity contribution is 1.03. The molecule has 0 amide bonds. The van der Waals surface area contributed by atoms with E-state index in [0.717, 1.165) is 17.8 Å². The van der Waals surface area contributed by atoms with Crippen molar-refractivity contribution in [2.45, 2.75) is 13.3 Å². The van der Waals surface area contributed by atoms with Crippen LogP contribution in [-0.2, 0) is 6.42 Å². The van der Waals surface area contributed by atoms with Gasteiger partial charge in [-0.3, -0.25) is 0 Å². The minimum atomic E-state index is 0.772. The average molecular weight is 260 g/mol. The molecule has 0 aliphatic rings. The third kappa shape index (κ3) is 3.31. The first-order chi connectivity index (χ1) is 8.79. The van der Waals surface area contributed by atoms with Crippen LogP contribution in [0.15, 0.2) is 64.9 Å². The van der Waals surface area contributed by atoms with Crippen LogP contribution < -0.4 is 4.53 Å². The fourth-order valence-corrected chi connectivity index (χ4v) is 1.64. The topological polar surface area (TPSA) is 28.0 Å². The molecule has 2 aromatic carbocycles. The van der Waals surface area contributed by atoms with Gasteiger partial charge in [-0.2, -0.15) is 4.53 Å². The fourth-order valence-electron chi connectivity index (χ4n) is 1.49. The van der Waals surface area contributed by atoms with Gasteiger partial charge in [-0.1, -0.05) is 37.3 Å². The van der Waals surface area contributed by atoms with Crippen LogP contribution in [0, 0.1) is 0 Å². The SMILES string of the molecule is CCc1ccc(N(Cl)N=Nc2ccccc2)cc1. The van der Waals surface area contributed by atoms with Gasteiger partial charge in [0.2, 0.25) is 0 Å². The van der Waals surface area contributed by atoms with Crippen LogP contribution in [-0.4, -0.2) is 0 Å². The molecule has 2 aromatic rings. The molecule has 0 fully saturated rings. The van der Waals surface area contributed by atoms with E-state index in [0.29, 0.717) is 0 Å². The molecule has 2 rings (SSSR count). The molecule has 0 unspecified atom stereocenters. The summed E-state index contributed by atoms with van der Waals surface area (Å²) in [7, 11) is 0. The summed E-state index contributed by atoms with van der Waals surface area (Å²) in [5, 5.41) is 7.99. The Morgan fingerprint density at radius 1 is 1.00 bits per heavy atom. The largest absolute Gasteiger partial charge is 0.154 e. The first kappa shape index (κ1) is 12.6. The Bertz CT molecular complexity index is 508. The quantitative estimate of drug-likeness (QED) is 0.436. The fraction of sp³-hybridized carbons (Fsp3) is 0.143. The van der Waals surface area contributed by atoms with Gasteiger partial charge >= 0.3 is 0 Å². The first-order valence-corrected chi connectivity index (χ1v) is 6.15. The predicted octanol–water partition coefficient (Wildman–Crippen LogP) is 4.91. The maximum atomic E-state index is 6.02. The van der Waals surface area contributed by atoms with E-state index < -0.39 is 0 Å². The van der Waals surface area contributed by atoms with Gasteiger partial charge in [0, 0.05) is 11.8 Å². The minimum absolute atomic E-state index is 0.772. The molecule has 0 heterocycles. The van der Waals surface area contributed by atoms with Crippen LogP contribution >= 0.6 is 11.8 Å². The number of anilines is 1. The van der Waals surface area contributed by atoms with Crippen molar-refractivity contribution in [3.8, 4) is 0 Å². The van der Waals surface area contributed by atoms with E-state index in [4.69, 9.17) is 11.8 Å². The van der Waals surface area contributed by atoms with Crippen molar-refractivity contribution in [2.75, 3.05) is 4.53 Å². The van der Waals surface area contributed by atoms with E-state index >= 15 is 0 Å². The van der Waals surface area contributed by atoms with Crippen LogP contribution in [0.1, 0.15) is 12.5 Å². The number of aryl methyl sites for hydroxylation is 1. The lowest BCUT2D eigenvalue weighted by Crippen LogP contribution is -1.98. The smallest absolute Gasteiger partial charge is 0.0874 e. The highest BCUT2D eigenvalue weighted by Crippen LogP contribution is 2.20. The van der Waals surface area contributed by atoms with Crippen molar-refractivity contribution in [2.24, 2.45) is 10.3 Å². The number of hydrogen-bond acceptors (Lipinski definition) is 2. The number of halogens is 1. The molecule has 0 aromatic heterocycles. The highest BCUT2D eigenvalue weighted by molar-refractivity contribution is 6.25. The summed E-state index contributed by atoms with van der Waals surface area (Å²) >= 11 is 6.02. The van der Waals surface area contributed by atoms with Crippen LogP contribution in [0.2, 0.25) is 0 Å². The van der Waals surface area contributed by atoms with E-state index in [1.807, 2.05) is 54.6 Å². The summed E-state index contributed by atoms with van der Waals surface area (Å²) in [4.78, 5) is 0. The molecule has 18 heavy (non-hydrogen) atoms. The molecule has 4 heteroatoms. The molecule has 0 bridgehead atoms. The summed E-state index contributed by atoms with van der Waals surface area (Å²) in [6, 6.07) is 17.4. The first-order valence-electron chi connectivity index (χ1n) is 5.81. The molecule has 0 saturated carbocycles. The van der Waals surface area contributed by atoms with Gasteiger partial charge in [-0.05, 0) is 41.5 Å². The van der Waals surface area contributed by atoms with Gasteiger partial charge in [0.25, 0.3) is 0 Å². The molecule has 0 N–H and O–H groups in total. The molecule has 0 saturated heterocycles. The Labute approximate surface area is 112 Å². The van der Waals surface area contributed by atoms with E-state index in [-0.39, 0.29) is 0 Å². The monoisotopic (exact) mass is 259 g/mol. The van der Waals surface area contributed by atoms with Crippen LogP contribution in [0.25, 0.3) is 0 Å². The summed E-state index contributed by atoms with van der Waals surface area (Å²) < 4.78 is 1.24. The Kier molecular flexibility index (Phi) is 4.31. The summed E-state index contributed by atoms with van der Waals surface area (Å²) in [5.74, 6) is 0. The zero-order valence-corrected chi connectivity index (χ0v) is 10.9. The Hall–Kier alpha value is -1.87. The normalized spacial score (nSPS) is 10.8.